The van der Waals surface area contributed by atoms with Crippen LogP contribution in [0, 0.1) is 5.41 Å². The molecule has 1 aliphatic carbocycles. The Bertz CT molecular complexity index is 397. The SMILES string of the molecule is CC(C)(C)c1ccc(CNC2CCCC2(C)C)s1. The van der Waals surface area contributed by atoms with Crippen molar-refractivity contribution in [3.63, 3.8) is 0 Å². The topological polar surface area (TPSA) is 12.0 Å². The van der Waals surface area contributed by atoms with Crippen LogP contribution in [0.5, 0.6) is 0 Å². The third-order valence-electron chi connectivity index (χ3n) is 4.18. The summed E-state index contributed by atoms with van der Waals surface area (Å²) in [4.78, 5) is 2.97. The normalized spacial score (nSPS) is 23.5. The van der Waals surface area contributed by atoms with Crippen molar-refractivity contribution in [2.45, 2.75) is 71.9 Å². The fraction of sp³-hybridized carbons (Fsp3) is 0.750. The van der Waals surface area contributed by atoms with Gasteiger partial charge in [-0.1, -0.05) is 41.0 Å². The highest BCUT2D eigenvalue weighted by atomic mass is 32.1. The average molecular weight is 265 g/mol. The van der Waals surface area contributed by atoms with Gasteiger partial charge in [0.25, 0.3) is 0 Å². The van der Waals surface area contributed by atoms with Crippen LogP contribution in [0.4, 0.5) is 0 Å². The summed E-state index contributed by atoms with van der Waals surface area (Å²) >= 11 is 1.96. The van der Waals surface area contributed by atoms with Crippen molar-refractivity contribution >= 4 is 11.3 Å². The lowest BCUT2D eigenvalue weighted by Gasteiger charge is -2.27. The van der Waals surface area contributed by atoms with Crippen LogP contribution in [-0.4, -0.2) is 6.04 Å². The number of hydrogen-bond acceptors (Lipinski definition) is 2. The third kappa shape index (κ3) is 3.16. The summed E-state index contributed by atoms with van der Waals surface area (Å²) in [5.74, 6) is 0. The van der Waals surface area contributed by atoms with Crippen molar-refractivity contribution in [1.29, 1.82) is 0 Å². The molecule has 0 aliphatic heterocycles. The molecule has 0 amide bonds. The Hall–Kier alpha value is -0.340. The van der Waals surface area contributed by atoms with Gasteiger partial charge in [0.2, 0.25) is 0 Å². The minimum Gasteiger partial charge on any atom is -0.309 e. The molecule has 102 valence electrons. The first-order chi connectivity index (χ1) is 8.29. The summed E-state index contributed by atoms with van der Waals surface area (Å²) in [6.07, 6.45) is 4.08. The monoisotopic (exact) mass is 265 g/mol. The van der Waals surface area contributed by atoms with Crippen LogP contribution in [-0.2, 0) is 12.0 Å². The summed E-state index contributed by atoms with van der Waals surface area (Å²) < 4.78 is 0. The van der Waals surface area contributed by atoms with Crippen LogP contribution < -0.4 is 5.32 Å². The van der Waals surface area contributed by atoms with E-state index in [4.69, 9.17) is 0 Å². The van der Waals surface area contributed by atoms with Gasteiger partial charge in [0.15, 0.2) is 0 Å². The Kier molecular flexibility index (Phi) is 3.89. The van der Waals surface area contributed by atoms with E-state index in [0.717, 1.165) is 6.54 Å². The lowest BCUT2D eigenvalue weighted by Crippen LogP contribution is -2.36. The van der Waals surface area contributed by atoms with Crippen LogP contribution in [0.2, 0.25) is 0 Å². The zero-order valence-corrected chi connectivity index (χ0v) is 13.3. The Morgan fingerprint density at radius 3 is 2.56 bits per heavy atom. The lowest BCUT2D eigenvalue weighted by atomic mass is 9.87. The maximum Gasteiger partial charge on any atom is 0.0302 e. The van der Waals surface area contributed by atoms with Crippen molar-refractivity contribution in [1.82, 2.24) is 5.32 Å². The summed E-state index contributed by atoms with van der Waals surface area (Å²) in [5, 5.41) is 3.76. The van der Waals surface area contributed by atoms with Crippen molar-refractivity contribution in [3.8, 4) is 0 Å². The summed E-state index contributed by atoms with van der Waals surface area (Å²) in [6.45, 7) is 12.7. The van der Waals surface area contributed by atoms with E-state index in [1.165, 1.54) is 29.0 Å². The molecular weight excluding hydrogens is 238 g/mol. The molecule has 1 aliphatic rings. The number of nitrogens with one attached hydrogen (secondary N) is 1. The molecule has 1 N–H and O–H groups in total. The van der Waals surface area contributed by atoms with Crippen LogP contribution in [0.25, 0.3) is 0 Å². The molecule has 2 heteroatoms. The standard InChI is InChI=1S/C16H27NS/c1-15(2,3)14-9-8-12(18-14)11-17-13-7-6-10-16(13,4)5/h8-9,13,17H,6-7,10-11H2,1-5H3. The molecule has 18 heavy (non-hydrogen) atoms. The molecule has 1 unspecified atom stereocenters. The summed E-state index contributed by atoms with van der Waals surface area (Å²) in [6, 6.07) is 5.28. The van der Waals surface area contributed by atoms with E-state index >= 15 is 0 Å². The summed E-state index contributed by atoms with van der Waals surface area (Å²) in [7, 11) is 0. The largest absolute Gasteiger partial charge is 0.309 e. The van der Waals surface area contributed by atoms with Crippen LogP contribution in [0.1, 0.15) is 63.6 Å². The molecule has 1 nitrogen and oxygen atoms in total. The molecule has 1 aromatic rings. The Balaban J connectivity index is 1.93. The zero-order chi connectivity index (χ0) is 13.4. The molecule has 0 bridgehead atoms. The molecule has 1 heterocycles. The fourth-order valence-corrected chi connectivity index (χ4v) is 3.82. The highest BCUT2D eigenvalue weighted by Gasteiger charge is 2.33. The number of rotatable bonds is 3. The first-order valence-electron chi connectivity index (χ1n) is 7.12. The van der Waals surface area contributed by atoms with Crippen LogP contribution >= 0.6 is 11.3 Å². The van der Waals surface area contributed by atoms with Gasteiger partial charge in [-0.3, -0.25) is 0 Å². The van der Waals surface area contributed by atoms with Crippen molar-refractivity contribution < 1.29 is 0 Å². The predicted octanol–water partition coefficient (Wildman–Crippen LogP) is 4.71. The van der Waals surface area contributed by atoms with Gasteiger partial charge >= 0.3 is 0 Å². The molecular formula is C16H27NS. The molecule has 1 atom stereocenters. The fourth-order valence-electron chi connectivity index (χ4n) is 2.80. The maximum atomic E-state index is 3.76. The van der Waals surface area contributed by atoms with Gasteiger partial charge in [-0.25, -0.2) is 0 Å². The molecule has 1 fully saturated rings. The molecule has 0 aromatic carbocycles. The van der Waals surface area contributed by atoms with Crippen molar-refractivity contribution in [2.24, 2.45) is 5.41 Å². The molecule has 1 aromatic heterocycles. The first-order valence-corrected chi connectivity index (χ1v) is 7.93. The van der Waals surface area contributed by atoms with E-state index in [2.05, 4.69) is 52.1 Å². The highest BCUT2D eigenvalue weighted by molar-refractivity contribution is 7.12. The maximum absolute atomic E-state index is 3.76. The van der Waals surface area contributed by atoms with E-state index in [0.29, 0.717) is 11.5 Å². The minimum atomic E-state index is 0.287. The lowest BCUT2D eigenvalue weighted by molar-refractivity contribution is 0.283. The second-order valence-corrected chi connectivity index (χ2v) is 8.50. The second kappa shape index (κ2) is 4.97. The van der Waals surface area contributed by atoms with Gasteiger partial charge in [0, 0.05) is 22.3 Å². The summed E-state index contributed by atoms with van der Waals surface area (Å²) in [5.41, 5.74) is 0.764. The highest BCUT2D eigenvalue weighted by Crippen LogP contribution is 2.37. The van der Waals surface area contributed by atoms with Gasteiger partial charge in [0.1, 0.15) is 0 Å². The number of thiophene rings is 1. The van der Waals surface area contributed by atoms with E-state index in [1.54, 1.807) is 0 Å². The van der Waals surface area contributed by atoms with Crippen LogP contribution in [0.15, 0.2) is 12.1 Å². The quantitative estimate of drug-likeness (QED) is 0.834. The molecule has 0 saturated heterocycles. The molecule has 2 rings (SSSR count). The van der Waals surface area contributed by atoms with Gasteiger partial charge < -0.3 is 5.32 Å². The van der Waals surface area contributed by atoms with Crippen molar-refractivity contribution in [3.05, 3.63) is 21.9 Å². The second-order valence-electron chi connectivity index (χ2n) is 7.33. The zero-order valence-electron chi connectivity index (χ0n) is 12.5. The average Bonchev–Trinajstić information content (AvgIpc) is 2.80. The van der Waals surface area contributed by atoms with E-state index < -0.39 is 0 Å². The van der Waals surface area contributed by atoms with Crippen molar-refractivity contribution in [2.75, 3.05) is 0 Å². The first kappa shape index (κ1) is 14.1. The van der Waals surface area contributed by atoms with E-state index in [-0.39, 0.29) is 5.41 Å². The minimum absolute atomic E-state index is 0.287. The number of hydrogen-bond donors (Lipinski definition) is 1. The molecule has 0 spiro atoms. The van der Waals surface area contributed by atoms with E-state index in [1.807, 2.05) is 11.3 Å². The Labute approximate surface area is 116 Å². The molecule has 0 radical (unpaired) electrons. The third-order valence-corrected chi connectivity index (χ3v) is 5.69. The molecule has 1 saturated carbocycles. The Morgan fingerprint density at radius 2 is 2.06 bits per heavy atom. The van der Waals surface area contributed by atoms with E-state index in [9.17, 15) is 0 Å². The predicted molar refractivity (Wildman–Crippen MR) is 81.3 cm³/mol. The van der Waals surface area contributed by atoms with Crippen LogP contribution in [0.3, 0.4) is 0 Å². The van der Waals surface area contributed by atoms with Gasteiger partial charge in [0.05, 0.1) is 0 Å². The van der Waals surface area contributed by atoms with Gasteiger partial charge in [-0.05, 0) is 35.8 Å². The smallest absolute Gasteiger partial charge is 0.0302 e. The van der Waals surface area contributed by atoms with Gasteiger partial charge in [-0.15, -0.1) is 11.3 Å². The van der Waals surface area contributed by atoms with Gasteiger partial charge in [-0.2, -0.15) is 0 Å². The Morgan fingerprint density at radius 1 is 1.33 bits per heavy atom.